The SMILES string of the molecule is Cc1cc(C2CCCNC2)oc(=O)c1C(=O)NC1CC(OCc2ccccc2)C1. The number of rotatable bonds is 6. The fourth-order valence-electron chi connectivity index (χ4n) is 4.07. The molecule has 0 spiro atoms. The molecular weight excluding hydrogens is 368 g/mol. The summed E-state index contributed by atoms with van der Waals surface area (Å²) in [7, 11) is 0. The molecule has 1 aromatic heterocycles. The van der Waals surface area contributed by atoms with Gasteiger partial charge in [-0.15, -0.1) is 0 Å². The van der Waals surface area contributed by atoms with E-state index in [0.717, 1.165) is 44.3 Å². The molecule has 6 nitrogen and oxygen atoms in total. The molecule has 2 fully saturated rings. The molecule has 1 saturated carbocycles. The lowest BCUT2D eigenvalue weighted by atomic mass is 9.88. The molecule has 2 aliphatic rings. The van der Waals surface area contributed by atoms with Gasteiger partial charge in [0.1, 0.15) is 11.3 Å². The van der Waals surface area contributed by atoms with Crippen LogP contribution in [0, 0.1) is 6.92 Å². The van der Waals surface area contributed by atoms with Crippen molar-refractivity contribution < 1.29 is 13.9 Å². The van der Waals surface area contributed by atoms with Gasteiger partial charge in [-0.2, -0.15) is 0 Å². The van der Waals surface area contributed by atoms with Gasteiger partial charge in [-0.25, -0.2) is 4.79 Å². The highest BCUT2D eigenvalue weighted by molar-refractivity contribution is 5.95. The molecule has 6 heteroatoms. The number of amides is 1. The number of piperidine rings is 1. The summed E-state index contributed by atoms with van der Waals surface area (Å²) in [6.45, 7) is 4.18. The van der Waals surface area contributed by atoms with E-state index in [4.69, 9.17) is 9.15 Å². The summed E-state index contributed by atoms with van der Waals surface area (Å²) in [5, 5.41) is 6.27. The summed E-state index contributed by atoms with van der Waals surface area (Å²) in [6.07, 6.45) is 3.71. The number of carbonyl (C=O) groups is 1. The zero-order valence-electron chi connectivity index (χ0n) is 16.8. The quantitative estimate of drug-likeness (QED) is 0.785. The molecule has 154 valence electrons. The number of ether oxygens (including phenoxy) is 1. The summed E-state index contributed by atoms with van der Waals surface area (Å²) < 4.78 is 11.4. The monoisotopic (exact) mass is 396 g/mol. The molecule has 29 heavy (non-hydrogen) atoms. The minimum Gasteiger partial charge on any atom is -0.427 e. The smallest absolute Gasteiger partial charge is 0.349 e. The summed E-state index contributed by atoms with van der Waals surface area (Å²) in [5.41, 5.74) is 1.39. The average Bonchev–Trinajstić information content (AvgIpc) is 2.70. The standard InChI is InChI=1S/C23H28N2O4/c1-15-10-20(17-8-5-9-24-13-17)29-23(27)21(15)22(26)25-18-11-19(12-18)28-14-16-6-3-2-4-7-16/h2-4,6-7,10,17-19,24H,5,8-9,11-14H2,1H3,(H,25,26). The predicted octanol–water partition coefficient (Wildman–Crippen LogP) is 2.89. The lowest BCUT2D eigenvalue weighted by molar-refractivity contribution is -0.0251. The van der Waals surface area contributed by atoms with Crippen molar-refractivity contribution in [2.24, 2.45) is 0 Å². The Morgan fingerprint density at radius 1 is 1.28 bits per heavy atom. The van der Waals surface area contributed by atoms with Crippen LogP contribution in [0.4, 0.5) is 0 Å². The first kappa shape index (κ1) is 19.9. The van der Waals surface area contributed by atoms with Crippen molar-refractivity contribution in [3.05, 3.63) is 69.3 Å². The second kappa shape index (κ2) is 8.93. The maximum atomic E-state index is 12.6. The van der Waals surface area contributed by atoms with Crippen LogP contribution in [0.5, 0.6) is 0 Å². The Morgan fingerprint density at radius 3 is 2.76 bits per heavy atom. The maximum absolute atomic E-state index is 12.6. The van der Waals surface area contributed by atoms with Gasteiger partial charge >= 0.3 is 5.63 Å². The molecule has 2 aromatic rings. The number of hydrogen-bond acceptors (Lipinski definition) is 5. The highest BCUT2D eigenvalue weighted by atomic mass is 16.5. The van der Waals surface area contributed by atoms with Gasteiger partial charge in [-0.05, 0) is 56.3 Å². The van der Waals surface area contributed by atoms with E-state index in [1.54, 1.807) is 6.92 Å². The summed E-state index contributed by atoms with van der Waals surface area (Å²) in [6, 6.07) is 11.9. The van der Waals surface area contributed by atoms with Crippen molar-refractivity contribution in [2.45, 2.75) is 57.3 Å². The van der Waals surface area contributed by atoms with Gasteiger partial charge in [-0.1, -0.05) is 30.3 Å². The van der Waals surface area contributed by atoms with Crippen LogP contribution in [0.25, 0.3) is 0 Å². The largest absolute Gasteiger partial charge is 0.427 e. The van der Waals surface area contributed by atoms with Gasteiger partial charge in [0.25, 0.3) is 5.91 Å². The van der Waals surface area contributed by atoms with Crippen molar-refractivity contribution in [3.63, 3.8) is 0 Å². The molecule has 1 aliphatic heterocycles. The Hall–Kier alpha value is -2.44. The highest BCUT2D eigenvalue weighted by Gasteiger charge is 2.32. The molecule has 4 rings (SSSR count). The Kier molecular flexibility index (Phi) is 6.11. The fraction of sp³-hybridized carbons (Fsp3) is 0.478. The maximum Gasteiger partial charge on any atom is 0.349 e. The van der Waals surface area contributed by atoms with Crippen LogP contribution in [0.1, 0.15) is 58.8 Å². The highest BCUT2D eigenvalue weighted by Crippen LogP contribution is 2.26. The van der Waals surface area contributed by atoms with Crippen molar-refractivity contribution in [1.29, 1.82) is 0 Å². The van der Waals surface area contributed by atoms with E-state index in [-0.39, 0.29) is 29.5 Å². The molecule has 2 heterocycles. The molecule has 1 amide bonds. The number of nitrogens with one attached hydrogen (secondary N) is 2. The lowest BCUT2D eigenvalue weighted by Gasteiger charge is -2.35. The van der Waals surface area contributed by atoms with Crippen LogP contribution >= 0.6 is 0 Å². The van der Waals surface area contributed by atoms with Crippen molar-refractivity contribution in [1.82, 2.24) is 10.6 Å². The van der Waals surface area contributed by atoms with Gasteiger partial charge in [0, 0.05) is 18.5 Å². The molecule has 1 saturated heterocycles. The third-order valence-corrected chi connectivity index (χ3v) is 5.85. The van der Waals surface area contributed by atoms with E-state index >= 15 is 0 Å². The predicted molar refractivity (Wildman–Crippen MR) is 110 cm³/mol. The molecular formula is C23H28N2O4. The van der Waals surface area contributed by atoms with E-state index in [2.05, 4.69) is 10.6 Å². The molecule has 0 bridgehead atoms. The summed E-state index contributed by atoms with van der Waals surface area (Å²) in [4.78, 5) is 25.1. The van der Waals surface area contributed by atoms with Gasteiger partial charge in [0.05, 0.1) is 12.7 Å². The number of benzene rings is 1. The van der Waals surface area contributed by atoms with Crippen molar-refractivity contribution >= 4 is 5.91 Å². The minimum atomic E-state index is -0.542. The van der Waals surface area contributed by atoms with E-state index < -0.39 is 5.63 Å². The third-order valence-electron chi connectivity index (χ3n) is 5.85. The molecule has 1 aliphatic carbocycles. The van der Waals surface area contributed by atoms with Crippen LogP contribution in [-0.2, 0) is 11.3 Å². The number of hydrogen-bond donors (Lipinski definition) is 2. The number of carbonyl (C=O) groups excluding carboxylic acids is 1. The van der Waals surface area contributed by atoms with Crippen molar-refractivity contribution in [3.8, 4) is 0 Å². The minimum absolute atomic E-state index is 0.0318. The third kappa shape index (κ3) is 4.77. The van der Waals surface area contributed by atoms with Crippen LogP contribution in [0.15, 0.2) is 45.6 Å². The molecule has 1 aromatic carbocycles. The summed E-state index contributed by atoms with van der Waals surface area (Å²) >= 11 is 0. The second-order valence-electron chi connectivity index (χ2n) is 8.10. The van der Waals surface area contributed by atoms with Gasteiger partial charge in [-0.3, -0.25) is 4.79 Å². The molecule has 1 atom stereocenters. The van der Waals surface area contributed by atoms with Crippen LogP contribution in [0.3, 0.4) is 0 Å². The molecule has 0 radical (unpaired) electrons. The Balaban J connectivity index is 1.30. The van der Waals surface area contributed by atoms with Crippen LogP contribution in [0.2, 0.25) is 0 Å². The first-order chi connectivity index (χ1) is 14.1. The van der Waals surface area contributed by atoms with Crippen LogP contribution in [-0.4, -0.2) is 31.1 Å². The lowest BCUT2D eigenvalue weighted by Crippen LogP contribution is -2.48. The zero-order chi connectivity index (χ0) is 20.2. The first-order valence-corrected chi connectivity index (χ1v) is 10.4. The van der Waals surface area contributed by atoms with Crippen LogP contribution < -0.4 is 16.3 Å². The van der Waals surface area contributed by atoms with E-state index in [0.29, 0.717) is 17.9 Å². The van der Waals surface area contributed by atoms with Crippen molar-refractivity contribution in [2.75, 3.05) is 13.1 Å². The van der Waals surface area contributed by atoms with E-state index in [9.17, 15) is 9.59 Å². The molecule has 2 N–H and O–H groups in total. The summed E-state index contributed by atoms with van der Waals surface area (Å²) in [5.74, 6) is 0.520. The van der Waals surface area contributed by atoms with E-state index in [1.807, 2.05) is 36.4 Å². The number of aryl methyl sites for hydroxylation is 1. The Labute approximate surface area is 170 Å². The van der Waals surface area contributed by atoms with E-state index in [1.165, 1.54) is 0 Å². The fourth-order valence-corrected chi connectivity index (χ4v) is 4.07. The normalized spacial score (nSPS) is 24.0. The Morgan fingerprint density at radius 2 is 2.07 bits per heavy atom. The topological polar surface area (TPSA) is 80.6 Å². The van der Waals surface area contributed by atoms with Gasteiger partial charge < -0.3 is 19.8 Å². The Bertz CT molecular complexity index is 897. The first-order valence-electron chi connectivity index (χ1n) is 10.4. The second-order valence-corrected chi connectivity index (χ2v) is 8.10. The average molecular weight is 396 g/mol. The molecule has 1 unspecified atom stereocenters. The van der Waals surface area contributed by atoms with Gasteiger partial charge in [0.15, 0.2) is 0 Å². The van der Waals surface area contributed by atoms with Gasteiger partial charge in [0.2, 0.25) is 0 Å². The zero-order valence-corrected chi connectivity index (χ0v) is 16.8.